The summed E-state index contributed by atoms with van der Waals surface area (Å²) < 4.78 is 25.7. The monoisotopic (exact) mass is 311 g/mol. The van der Waals surface area contributed by atoms with Crippen LogP contribution in [0.15, 0.2) is 0 Å². The Balaban J connectivity index is 0.00000180. The molecule has 2 aliphatic heterocycles. The number of nitrogens with one attached hydrogen (secondary N) is 2. The van der Waals surface area contributed by atoms with Crippen molar-refractivity contribution < 1.29 is 8.42 Å². The highest BCUT2D eigenvalue weighted by molar-refractivity contribution is 7.89. The second-order valence-corrected chi connectivity index (χ2v) is 7.46. The topological polar surface area (TPSA) is 61.4 Å². The summed E-state index contributed by atoms with van der Waals surface area (Å²) in [6.07, 6.45) is 4.66. The molecule has 114 valence electrons. The van der Waals surface area contributed by atoms with Crippen LogP contribution >= 0.6 is 12.4 Å². The van der Waals surface area contributed by atoms with Crippen molar-refractivity contribution in [1.82, 2.24) is 14.9 Å². The van der Waals surface area contributed by atoms with E-state index in [-0.39, 0.29) is 24.2 Å². The zero-order valence-electron chi connectivity index (χ0n) is 11.6. The van der Waals surface area contributed by atoms with Gasteiger partial charge in [-0.15, -0.1) is 12.4 Å². The van der Waals surface area contributed by atoms with Gasteiger partial charge in [-0.25, -0.2) is 13.1 Å². The van der Waals surface area contributed by atoms with E-state index in [4.69, 9.17) is 0 Å². The minimum atomic E-state index is -3.08. The Morgan fingerprint density at radius 3 is 2.74 bits per heavy atom. The van der Waals surface area contributed by atoms with Crippen LogP contribution in [-0.2, 0) is 10.0 Å². The smallest absolute Gasteiger partial charge is 0.212 e. The number of piperidine rings is 1. The van der Waals surface area contributed by atoms with Gasteiger partial charge in [0, 0.05) is 12.6 Å². The summed E-state index contributed by atoms with van der Waals surface area (Å²) in [4.78, 5) is 2.38. The van der Waals surface area contributed by atoms with Crippen LogP contribution in [0.4, 0.5) is 0 Å². The van der Waals surface area contributed by atoms with Gasteiger partial charge in [-0.3, -0.25) is 4.90 Å². The molecule has 0 aromatic rings. The fourth-order valence-electron chi connectivity index (χ4n) is 3.07. The molecule has 2 N–H and O–H groups in total. The Morgan fingerprint density at radius 2 is 2.11 bits per heavy atom. The molecule has 0 spiro atoms. The quantitative estimate of drug-likeness (QED) is 0.772. The molecule has 2 unspecified atom stereocenters. The molecule has 0 amide bonds. The normalized spacial score (nSPS) is 29.1. The third-order valence-corrected chi connectivity index (χ3v) is 5.56. The number of nitrogens with zero attached hydrogens (tertiary/aromatic N) is 1. The second-order valence-electron chi connectivity index (χ2n) is 5.49. The van der Waals surface area contributed by atoms with Gasteiger partial charge in [0.1, 0.15) is 0 Å². The third-order valence-electron chi connectivity index (χ3n) is 4.11. The summed E-state index contributed by atoms with van der Waals surface area (Å²) in [6.45, 7) is 4.33. The zero-order chi connectivity index (χ0) is 13.0. The molecule has 0 aliphatic carbocycles. The van der Waals surface area contributed by atoms with Crippen LogP contribution in [0.3, 0.4) is 0 Å². The highest BCUT2D eigenvalue weighted by Gasteiger charge is 2.30. The fraction of sp³-hybridized carbons (Fsp3) is 1.00. The van der Waals surface area contributed by atoms with Gasteiger partial charge in [-0.2, -0.15) is 0 Å². The Morgan fingerprint density at radius 1 is 1.32 bits per heavy atom. The molecule has 0 aromatic carbocycles. The SMILES string of the molecule is CNS(=O)(=O)CC1CCCN1CC1CCCNC1.Cl. The lowest BCUT2D eigenvalue weighted by Crippen LogP contribution is -2.43. The zero-order valence-corrected chi connectivity index (χ0v) is 13.2. The molecular formula is C12H26ClN3O2S. The Kier molecular flexibility index (Phi) is 7.04. The highest BCUT2D eigenvalue weighted by Crippen LogP contribution is 2.22. The van der Waals surface area contributed by atoms with E-state index in [1.807, 2.05) is 0 Å². The summed E-state index contributed by atoms with van der Waals surface area (Å²) in [7, 11) is -1.58. The van der Waals surface area contributed by atoms with Gasteiger partial charge in [0.05, 0.1) is 5.75 Å². The minimum Gasteiger partial charge on any atom is -0.316 e. The van der Waals surface area contributed by atoms with Crippen molar-refractivity contribution in [2.75, 3.05) is 39.0 Å². The van der Waals surface area contributed by atoms with Crippen molar-refractivity contribution in [3.63, 3.8) is 0 Å². The van der Waals surface area contributed by atoms with Crippen LogP contribution in [0.1, 0.15) is 25.7 Å². The molecule has 0 radical (unpaired) electrons. The largest absolute Gasteiger partial charge is 0.316 e. The Hall–Kier alpha value is 0.120. The molecule has 0 aromatic heterocycles. The lowest BCUT2D eigenvalue weighted by Gasteiger charge is -2.31. The van der Waals surface area contributed by atoms with E-state index in [1.54, 1.807) is 0 Å². The predicted molar refractivity (Wildman–Crippen MR) is 80.3 cm³/mol. The first kappa shape index (κ1) is 17.2. The maximum atomic E-state index is 11.6. The van der Waals surface area contributed by atoms with Crippen LogP contribution in [0.5, 0.6) is 0 Å². The van der Waals surface area contributed by atoms with E-state index < -0.39 is 10.0 Å². The maximum absolute atomic E-state index is 11.6. The molecule has 19 heavy (non-hydrogen) atoms. The summed E-state index contributed by atoms with van der Waals surface area (Å²) in [5.41, 5.74) is 0. The van der Waals surface area contributed by atoms with Gasteiger partial charge in [-0.05, 0) is 58.3 Å². The third kappa shape index (κ3) is 5.19. The molecule has 5 nitrogen and oxygen atoms in total. The van der Waals surface area contributed by atoms with Gasteiger partial charge < -0.3 is 5.32 Å². The van der Waals surface area contributed by atoms with E-state index in [9.17, 15) is 8.42 Å². The number of rotatable bonds is 5. The summed E-state index contributed by atoms with van der Waals surface area (Å²) in [5, 5.41) is 3.43. The molecule has 2 fully saturated rings. The van der Waals surface area contributed by atoms with Crippen molar-refractivity contribution in [3.8, 4) is 0 Å². The molecule has 2 rings (SSSR count). The molecule has 2 saturated heterocycles. The van der Waals surface area contributed by atoms with Gasteiger partial charge >= 0.3 is 0 Å². The van der Waals surface area contributed by atoms with Crippen molar-refractivity contribution in [3.05, 3.63) is 0 Å². The van der Waals surface area contributed by atoms with E-state index in [1.165, 1.54) is 19.9 Å². The average Bonchev–Trinajstić information content (AvgIpc) is 2.77. The second kappa shape index (κ2) is 7.78. The van der Waals surface area contributed by atoms with Crippen LogP contribution in [-0.4, -0.2) is 58.3 Å². The molecule has 0 saturated carbocycles. The van der Waals surface area contributed by atoms with E-state index in [2.05, 4.69) is 14.9 Å². The van der Waals surface area contributed by atoms with Crippen molar-refractivity contribution in [2.45, 2.75) is 31.7 Å². The first-order valence-corrected chi connectivity index (χ1v) is 8.62. The summed E-state index contributed by atoms with van der Waals surface area (Å²) in [5.74, 6) is 0.945. The van der Waals surface area contributed by atoms with Crippen LogP contribution in [0.25, 0.3) is 0 Å². The van der Waals surface area contributed by atoms with Gasteiger partial charge in [0.25, 0.3) is 0 Å². The molecule has 2 aliphatic rings. The fourth-order valence-corrected chi connectivity index (χ4v) is 4.12. The minimum absolute atomic E-state index is 0. The number of hydrogen-bond acceptors (Lipinski definition) is 4. The van der Waals surface area contributed by atoms with E-state index in [0.717, 1.165) is 39.0 Å². The Bertz CT molecular complexity index is 358. The van der Waals surface area contributed by atoms with Crippen molar-refractivity contribution in [1.29, 1.82) is 0 Å². The first-order valence-electron chi connectivity index (χ1n) is 6.97. The number of likely N-dealkylation sites (tertiary alicyclic amines) is 1. The number of sulfonamides is 1. The van der Waals surface area contributed by atoms with E-state index >= 15 is 0 Å². The lowest BCUT2D eigenvalue weighted by molar-refractivity contribution is 0.204. The average molecular weight is 312 g/mol. The number of hydrogen-bond donors (Lipinski definition) is 2. The van der Waals surface area contributed by atoms with Crippen molar-refractivity contribution >= 4 is 22.4 Å². The standard InChI is InChI=1S/C12H25N3O2S.ClH/c1-13-18(16,17)10-12-5-3-7-15(12)9-11-4-2-6-14-8-11;/h11-14H,2-10H2,1H3;1H. The summed E-state index contributed by atoms with van der Waals surface area (Å²) in [6, 6.07) is 0.212. The maximum Gasteiger partial charge on any atom is 0.212 e. The molecular weight excluding hydrogens is 286 g/mol. The van der Waals surface area contributed by atoms with Gasteiger partial charge in [-0.1, -0.05) is 0 Å². The summed E-state index contributed by atoms with van der Waals surface area (Å²) >= 11 is 0. The number of halogens is 1. The Labute approximate surface area is 123 Å². The lowest BCUT2D eigenvalue weighted by atomic mass is 9.99. The van der Waals surface area contributed by atoms with Crippen LogP contribution < -0.4 is 10.0 Å². The predicted octanol–water partition coefficient (Wildman–Crippen LogP) is 0.421. The van der Waals surface area contributed by atoms with Crippen molar-refractivity contribution in [2.24, 2.45) is 5.92 Å². The van der Waals surface area contributed by atoms with Gasteiger partial charge in [0.15, 0.2) is 0 Å². The van der Waals surface area contributed by atoms with Crippen LogP contribution in [0.2, 0.25) is 0 Å². The first-order chi connectivity index (χ1) is 8.61. The molecule has 0 bridgehead atoms. The molecule has 2 heterocycles. The van der Waals surface area contributed by atoms with Gasteiger partial charge in [0.2, 0.25) is 10.0 Å². The highest BCUT2D eigenvalue weighted by atomic mass is 35.5. The molecule has 7 heteroatoms. The van der Waals surface area contributed by atoms with E-state index in [0.29, 0.717) is 5.92 Å². The molecule has 2 atom stereocenters. The van der Waals surface area contributed by atoms with Crippen LogP contribution in [0, 0.1) is 5.92 Å².